The zero-order valence-corrected chi connectivity index (χ0v) is 11.6. The Morgan fingerprint density at radius 3 is 2.47 bits per heavy atom. The van der Waals surface area contributed by atoms with Crippen LogP contribution in [0.4, 0.5) is 4.39 Å². The van der Waals surface area contributed by atoms with Crippen LogP contribution in [0, 0.1) is 5.82 Å². The summed E-state index contributed by atoms with van der Waals surface area (Å²) >= 11 is 5.67. The fourth-order valence-electron chi connectivity index (χ4n) is 2.12. The molecule has 0 saturated heterocycles. The summed E-state index contributed by atoms with van der Waals surface area (Å²) < 4.78 is 13.4. The van der Waals surface area contributed by atoms with E-state index >= 15 is 0 Å². The van der Waals surface area contributed by atoms with E-state index in [-0.39, 0.29) is 17.0 Å². The summed E-state index contributed by atoms with van der Waals surface area (Å²) in [6.45, 7) is 2.09. The Bertz CT molecular complexity index is 542. The summed E-state index contributed by atoms with van der Waals surface area (Å²) in [5.41, 5.74) is 8.28. The van der Waals surface area contributed by atoms with Gasteiger partial charge in [-0.15, -0.1) is 0 Å². The van der Waals surface area contributed by atoms with E-state index in [0.29, 0.717) is 6.42 Å². The number of halogens is 2. The highest BCUT2D eigenvalue weighted by Crippen LogP contribution is 2.22. The third-order valence-corrected chi connectivity index (χ3v) is 3.73. The lowest BCUT2D eigenvalue weighted by molar-refractivity contribution is 0.560. The van der Waals surface area contributed by atoms with Crippen molar-refractivity contribution in [3.8, 4) is 0 Å². The molecule has 0 aliphatic heterocycles. The molecule has 2 atom stereocenters. The molecule has 100 valence electrons. The summed E-state index contributed by atoms with van der Waals surface area (Å²) in [5, 5.41) is 0.147. The van der Waals surface area contributed by atoms with Crippen molar-refractivity contribution in [2.24, 2.45) is 5.73 Å². The quantitative estimate of drug-likeness (QED) is 0.892. The van der Waals surface area contributed by atoms with Gasteiger partial charge in [0.2, 0.25) is 0 Å². The molecule has 0 heterocycles. The predicted molar refractivity (Wildman–Crippen MR) is 77.9 cm³/mol. The van der Waals surface area contributed by atoms with Gasteiger partial charge in [0.25, 0.3) is 0 Å². The third kappa shape index (κ3) is 3.55. The smallest absolute Gasteiger partial charge is 0.142 e. The molecular formula is C16H17ClFN. The molecule has 2 N–H and O–H groups in total. The number of nitrogens with two attached hydrogens (primary N) is 1. The van der Waals surface area contributed by atoms with Crippen LogP contribution >= 0.6 is 11.6 Å². The minimum Gasteiger partial charge on any atom is -0.327 e. The zero-order valence-electron chi connectivity index (χ0n) is 10.8. The Kier molecular flexibility index (Phi) is 4.56. The highest BCUT2D eigenvalue weighted by atomic mass is 35.5. The van der Waals surface area contributed by atoms with Crippen LogP contribution in [0.3, 0.4) is 0 Å². The maximum Gasteiger partial charge on any atom is 0.142 e. The van der Waals surface area contributed by atoms with Gasteiger partial charge in [0, 0.05) is 6.04 Å². The van der Waals surface area contributed by atoms with Gasteiger partial charge in [-0.1, -0.05) is 54.9 Å². The Hall–Kier alpha value is -1.38. The Labute approximate surface area is 118 Å². The van der Waals surface area contributed by atoms with Gasteiger partial charge in [-0.2, -0.15) is 0 Å². The van der Waals surface area contributed by atoms with Gasteiger partial charge in [-0.3, -0.25) is 0 Å². The second-order valence-corrected chi connectivity index (χ2v) is 5.22. The minimum atomic E-state index is -0.390. The first-order chi connectivity index (χ1) is 9.08. The largest absolute Gasteiger partial charge is 0.327 e. The van der Waals surface area contributed by atoms with E-state index in [1.807, 2.05) is 24.3 Å². The maximum absolute atomic E-state index is 13.4. The predicted octanol–water partition coefficient (Wildman–Crippen LogP) is 4.15. The van der Waals surface area contributed by atoms with Crippen molar-refractivity contribution in [2.45, 2.75) is 25.3 Å². The number of hydrogen-bond acceptors (Lipinski definition) is 1. The first-order valence-corrected chi connectivity index (χ1v) is 6.70. The lowest BCUT2D eigenvalue weighted by Crippen LogP contribution is -2.29. The van der Waals surface area contributed by atoms with Crippen molar-refractivity contribution in [3.63, 3.8) is 0 Å². The molecule has 0 aliphatic rings. The molecule has 2 aromatic carbocycles. The lowest BCUT2D eigenvalue weighted by atomic mass is 9.90. The van der Waals surface area contributed by atoms with Crippen LogP contribution in [0.1, 0.15) is 24.0 Å². The molecule has 0 bridgehead atoms. The standard InChI is InChI=1S/C16H17ClFN/c1-11(13-5-3-2-4-6-13)16(19)10-12-7-8-14(17)15(18)9-12/h2-9,11,16H,10,19H2,1H3. The monoisotopic (exact) mass is 277 g/mol. The van der Waals surface area contributed by atoms with Crippen LogP contribution in [0.25, 0.3) is 0 Å². The average Bonchev–Trinajstić information content (AvgIpc) is 2.43. The van der Waals surface area contributed by atoms with Crippen molar-refractivity contribution in [1.29, 1.82) is 0 Å². The number of hydrogen-bond donors (Lipinski definition) is 1. The van der Waals surface area contributed by atoms with Gasteiger partial charge in [0.1, 0.15) is 5.82 Å². The molecular weight excluding hydrogens is 261 g/mol. The molecule has 2 unspecified atom stereocenters. The molecule has 0 aliphatic carbocycles. The van der Waals surface area contributed by atoms with E-state index in [1.165, 1.54) is 11.6 Å². The van der Waals surface area contributed by atoms with E-state index in [9.17, 15) is 4.39 Å². The normalized spacial score (nSPS) is 14.1. The average molecular weight is 278 g/mol. The SMILES string of the molecule is CC(c1ccccc1)C(N)Cc1ccc(Cl)c(F)c1. The fourth-order valence-corrected chi connectivity index (χ4v) is 2.24. The molecule has 1 nitrogen and oxygen atoms in total. The number of benzene rings is 2. The Balaban J connectivity index is 2.08. The summed E-state index contributed by atoms with van der Waals surface area (Å²) in [7, 11) is 0. The van der Waals surface area contributed by atoms with Crippen molar-refractivity contribution < 1.29 is 4.39 Å². The minimum absolute atomic E-state index is 0.0528. The van der Waals surface area contributed by atoms with Crippen LogP contribution in [0.5, 0.6) is 0 Å². The lowest BCUT2D eigenvalue weighted by Gasteiger charge is -2.20. The highest BCUT2D eigenvalue weighted by molar-refractivity contribution is 6.30. The second-order valence-electron chi connectivity index (χ2n) is 4.82. The van der Waals surface area contributed by atoms with Gasteiger partial charge in [0.15, 0.2) is 0 Å². The summed E-state index contributed by atoms with van der Waals surface area (Å²) in [4.78, 5) is 0. The molecule has 0 spiro atoms. The second kappa shape index (κ2) is 6.18. The van der Waals surface area contributed by atoms with Crippen molar-refractivity contribution in [2.75, 3.05) is 0 Å². The van der Waals surface area contributed by atoms with Gasteiger partial charge >= 0.3 is 0 Å². The molecule has 0 amide bonds. The van der Waals surface area contributed by atoms with E-state index < -0.39 is 5.82 Å². The van der Waals surface area contributed by atoms with Crippen LogP contribution in [-0.2, 0) is 6.42 Å². The van der Waals surface area contributed by atoms with Crippen molar-refractivity contribution in [1.82, 2.24) is 0 Å². The highest BCUT2D eigenvalue weighted by Gasteiger charge is 2.15. The van der Waals surface area contributed by atoms with E-state index in [2.05, 4.69) is 19.1 Å². The van der Waals surface area contributed by atoms with Crippen LogP contribution < -0.4 is 5.73 Å². The van der Waals surface area contributed by atoms with Gasteiger partial charge in [-0.05, 0) is 35.6 Å². The molecule has 0 saturated carbocycles. The van der Waals surface area contributed by atoms with E-state index in [4.69, 9.17) is 17.3 Å². The molecule has 2 aromatic rings. The first-order valence-electron chi connectivity index (χ1n) is 6.32. The van der Waals surface area contributed by atoms with E-state index in [1.54, 1.807) is 6.07 Å². The van der Waals surface area contributed by atoms with Crippen LogP contribution in [0.15, 0.2) is 48.5 Å². The van der Waals surface area contributed by atoms with Gasteiger partial charge < -0.3 is 5.73 Å². The Morgan fingerprint density at radius 2 is 1.84 bits per heavy atom. The van der Waals surface area contributed by atoms with Gasteiger partial charge in [-0.25, -0.2) is 4.39 Å². The van der Waals surface area contributed by atoms with Gasteiger partial charge in [0.05, 0.1) is 5.02 Å². The van der Waals surface area contributed by atoms with Crippen molar-refractivity contribution >= 4 is 11.6 Å². The molecule has 3 heteroatoms. The molecule has 0 aromatic heterocycles. The molecule has 2 rings (SSSR count). The molecule has 0 radical (unpaired) electrons. The summed E-state index contributed by atoms with van der Waals surface area (Å²) in [6.07, 6.45) is 0.629. The summed E-state index contributed by atoms with van der Waals surface area (Å²) in [6, 6.07) is 14.9. The zero-order chi connectivity index (χ0) is 13.8. The maximum atomic E-state index is 13.4. The van der Waals surface area contributed by atoms with E-state index in [0.717, 1.165) is 5.56 Å². The van der Waals surface area contributed by atoms with Crippen LogP contribution in [0.2, 0.25) is 5.02 Å². The van der Waals surface area contributed by atoms with Crippen molar-refractivity contribution in [3.05, 3.63) is 70.5 Å². The van der Waals surface area contributed by atoms with Crippen LogP contribution in [-0.4, -0.2) is 6.04 Å². The fraction of sp³-hybridized carbons (Fsp3) is 0.250. The number of rotatable bonds is 4. The third-order valence-electron chi connectivity index (χ3n) is 3.42. The first kappa shape index (κ1) is 14.0. The topological polar surface area (TPSA) is 26.0 Å². The molecule has 0 fully saturated rings. The Morgan fingerprint density at radius 1 is 1.16 bits per heavy atom. The summed E-state index contributed by atoms with van der Waals surface area (Å²) in [5.74, 6) is -0.168. The molecule has 19 heavy (non-hydrogen) atoms.